The summed E-state index contributed by atoms with van der Waals surface area (Å²) < 4.78 is 5.29. The van der Waals surface area contributed by atoms with E-state index in [4.69, 9.17) is 4.74 Å². The minimum Gasteiger partial charge on any atom is -0.445 e. The van der Waals surface area contributed by atoms with Crippen molar-refractivity contribution in [3.8, 4) is 0 Å². The number of carbonyl (C=O) groups excluding carboxylic acids is 4. The molecule has 1 aromatic carbocycles. The van der Waals surface area contributed by atoms with Crippen LogP contribution in [0.15, 0.2) is 30.3 Å². The Balaban J connectivity index is 1.58. The van der Waals surface area contributed by atoms with Gasteiger partial charge in [0, 0.05) is 12.5 Å². The highest BCUT2D eigenvalue weighted by molar-refractivity contribution is 5.88. The van der Waals surface area contributed by atoms with Crippen LogP contribution in [0.4, 0.5) is 4.79 Å². The Morgan fingerprint density at radius 1 is 1.06 bits per heavy atom. The quantitative estimate of drug-likeness (QED) is 0.397. The molecule has 0 aromatic heterocycles. The van der Waals surface area contributed by atoms with E-state index in [2.05, 4.69) is 21.3 Å². The summed E-state index contributed by atoms with van der Waals surface area (Å²) in [6.45, 7) is 2.41. The van der Waals surface area contributed by atoms with Crippen LogP contribution in [0.5, 0.6) is 0 Å². The third-order valence-corrected chi connectivity index (χ3v) is 6.04. The number of rotatable bonds is 10. The van der Waals surface area contributed by atoms with Crippen molar-refractivity contribution in [2.45, 2.75) is 50.8 Å². The normalized spacial score (nSPS) is 20.6. The van der Waals surface area contributed by atoms with Gasteiger partial charge in [-0.25, -0.2) is 4.79 Å². The van der Waals surface area contributed by atoms with E-state index in [1.807, 2.05) is 30.3 Å². The molecule has 2 aliphatic rings. The van der Waals surface area contributed by atoms with Crippen LogP contribution < -0.4 is 21.3 Å². The molecule has 0 spiro atoms. The zero-order valence-corrected chi connectivity index (χ0v) is 18.2. The third kappa shape index (κ3) is 7.33. The standard InChI is InChI=1S/C23H32N4O5/c28-14-19(13-18-8-11-25-21(18)29)26-22(30)20(12-16-6-9-24-10-7-16)27-23(31)32-15-17-4-2-1-3-5-17/h1-5,14,16,18-20,24H,6-13,15H2,(H,25,29)(H,26,30)(H,27,31)/t18-,19-,20-/m0/s1. The Bertz CT molecular complexity index is 782. The first kappa shape index (κ1) is 23.7. The second kappa shape index (κ2) is 12.2. The highest BCUT2D eigenvalue weighted by Gasteiger charge is 2.31. The molecule has 3 atom stereocenters. The zero-order chi connectivity index (χ0) is 22.8. The molecule has 2 fully saturated rings. The first-order valence-corrected chi connectivity index (χ1v) is 11.3. The molecule has 2 saturated heterocycles. The van der Waals surface area contributed by atoms with Gasteiger partial charge in [-0.1, -0.05) is 30.3 Å². The number of hydrogen-bond donors (Lipinski definition) is 4. The van der Waals surface area contributed by atoms with Crippen molar-refractivity contribution >= 4 is 24.2 Å². The van der Waals surface area contributed by atoms with Crippen LogP contribution in [0.3, 0.4) is 0 Å². The SMILES string of the molecule is O=C[C@H](C[C@@H]1CCNC1=O)NC(=O)[C@H](CC1CCNCC1)NC(=O)OCc1ccccc1. The third-order valence-electron chi connectivity index (χ3n) is 6.04. The fourth-order valence-electron chi connectivity index (χ4n) is 4.20. The maximum atomic E-state index is 13.0. The monoisotopic (exact) mass is 444 g/mol. The molecule has 4 N–H and O–H groups in total. The van der Waals surface area contributed by atoms with Gasteiger partial charge in [0.05, 0.1) is 6.04 Å². The maximum Gasteiger partial charge on any atom is 0.408 e. The van der Waals surface area contributed by atoms with Crippen molar-refractivity contribution in [1.82, 2.24) is 21.3 Å². The van der Waals surface area contributed by atoms with Crippen LogP contribution in [0.1, 0.15) is 37.7 Å². The van der Waals surface area contributed by atoms with E-state index >= 15 is 0 Å². The minimum absolute atomic E-state index is 0.0973. The number of amides is 3. The second-order valence-electron chi connectivity index (χ2n) is 8.45. The van der Waals surface area contributed by atoms with Gasteiger partial charge in [-0.05, 0) is 56.7 Å². The molecule has 32 heavy (non-hydrogen) atoms. The molecule has 9 nitrogen and oxygen atoms in total. The number of piperidine rings is 1. The summed E-state index contributed by atoms with van der Waals surface area (Å²) in [6, 6.07) is 7.68. The Morgan fingerprint density at radius 3 is 2.47 bits per heavy atom. The van der Waals surface area contributed by atoms with E-state index in [9.17, 15) is 19.2 Å². The smallest absolute Gasteiger partial charge is 0.408 e. The lowest BCUT2D eigenvalue weighted by Crippen LogP contribution is -2.51. The molecular formula is C23H32N4O5. The molecule has 3 rings (SSSR count). The molecule has 0 saturated carbocycles. The summed E-state index contributed by atoms with van der Waals surface area (Å²) in [4.78, 5) is 48.8. The van der Waals surface area contributed by atoms with E-state index in [0.717, 1.165) is 31.5 Å². The minimum atomic E-state index is -0.818. The predicted molar refractivity (Wildman–Crippen MR) is 117 cm³/mol. The van der Waals surface area contributed by atoms with Gasteiger partial charge in [0.25, 0.3) is 0 Å². The summed E-state index contributed by atoms with van der Waals surface area (Å²) in [5.41, 5.74) is 0.845. The molecule has 0 bridgehead atoms. The van der Waals surface area contributed by atoms with Crippen molar-refractivity contribution in [2.24, 2.45) is 11.8 Å². The van der Waals surface area contributed by atoms with Crippen LogP contribution in [-0.2, 0) is 25.7 Å². The maximum absolute atomic E-state index is 13.0. The largest absolute Gasteiger partial charge is 0.445 e. The molecule has 9 heteroatoms. The highest BCUT2D eigenvalue weighted by atomic mass is 16.5. The van der Waals surface area contributed by atoms with Gasteiger partial charge < -0.3 is 30.8 Å². The average molecular weight is 445 g/mol. The van der Waals surface area contributed by atoms with Crippen molar-refractivity contribution in [3.05, 3.63) is 35.9 Å². The number of alkyl carbamates (subject to hydrolysis) is 1. The number of ether oxygens (including phenoxy) is 1. The number of aldehydes is 1. The Morgan fingerprint density at radius 2 is 1.81 bits per heavy atom. The fraction of sp³-hybridized carbons (Fsp3) is 0.565. The Hall–Kier alpha value is -2.94. The van der Waals surface area contributed by atoms with Crippen molar-refractivity contribution in [1.29, 1.82) is 0 Å². The van der Waals surface area contributed by atoms with Crippen LogP contribution in [0, 0.1) is 11.8 Å². The number of hydrogen-bond acceptors (Lipinski definition) is 6. The van der Waals surface area contributed by atoms with E-state index in [1.165, 1.54) is 0 Å². The van der Waals surface area contributed by atoms with Gasteiger partial charge in [0.1, 0.15) is 18.9 Å². The number of benzene rings is 1. The Labute approximate surface area is 188 Å². The summed E-state index contributed by atoms with van der Waals surface area (Å²) in [5.74, 6) is -0.551. The predicted octanol–water partition coefficient (Wildman–Crippen LogP) is 0.881. The van der Waals surface area contributed by atoms with E-state index in [1.54, 1.807) is 0 Å². The number of carbonyl (C=O) groups is 4. The second-order valence-corrected chi connectivity index (χ2v) is 8.45. The molecule has 1 aromatic rings. The summed E-state index contributed by atoms with van der Waals surface area (Å²) in [6.07, 6.45) is 3.14. The van der Waals surface area contributed by atoms with Crippen molar-refractivity contribution < 1.29 is 23.9 Å². The lowest BCUT2D eigenvalue weighted by Gasteiger charge is -2.28. The van der Waals surface area contributed by atoms with Crippen molar-refractivity contribution in [3.63, 3.8) is 0 Å². The summed E-state index contributed by atoms with van der Waals surface area (Å²) in [5, 5.41) is 11.4. The van der Waals surface area contributed by atoms with Gasteiger partial charge in [-0.2, -0.15) is 0 Å². The molecule has 0 aliphatic carbocycles. The lowest BCUT2D eigenvalue weighted by molar-refractivity contribution is -0.127. The molecule has 174 valence electrons. The first-order valence-electron chi connectivity index (χ1n) is 11.3. The molecule has 3 amide bonds. The van der Waals surface area contributed by atoms with E-state index in [0.29, 0.717) is 25.7 Å². The van der Waals surface area contributed by atoms with E-state index < -0.39 is 24.1 Å². The molecule has 0 radical (unpaired) electrons. The first-order chi connectivity index (χ1) is 15.5. The van der Waals surface area contributed by atoms with Gasteiger partial charge in [-0.15, -0.1) is 0 Å². The molecule has 2 heterocycles. The number of nitrogens with one attached hydrogen (secondary N) is 4. The van der Waals surface area contributed by atoms with E-state index in [-0.39, 0.29) is 30.8 Å². The lowest BCUT2D eigenvalue weighted by atomic mass is 9.90. The highest BCUT2D eigenvalue weighted by Crippen LogP contribution is 2.19. The van der Waals surface area contributed by atoms with Gasteiger partial charge in [0.2, 0.25) is 11.8 Å². The summed E-state index contributed by atoms with van der Waals surface area (Å²) >= 11 is 0. The Kier molecular flexibility index (Phi) is 9.03. The zero-order valence-electron chi connectivity index (χ0n) is 18.2. The van der Waals surface area contributed by atoms with Gasteiger partial charge >= 0.3 is 6.09 Å². The van der Waals surface area contributed by atoms with Gasteiger partial charge in [0.15, 0.2) is 0 Å². The van der Waals surface area contributed by atoms with Crippen LogP contribution in [0.25, 0.3) is 0 Å². The van der Waals surface area contributed by atoms with Crippen LogP contribution in [0.2, 0.25) is 0 Å². The topological polar surface area (TPSA) is 126 Å². The fourth-order valence-corrected chi connectivity index (χ4v) is 4.20. The average Bonchev–Trinajstić information content (AvgIpc) is 3.22. The van der Waals surface area contributed by atoms with Crippen LogP contribution in [-0.4, -0.2) is 55.9 Å². The van der Waals surface area contributed by atoms with Gasteiger partial charge in [-0.3, -0.25) is 9.59 Å². The van der Waals surface area contributed by atoms with Crippen molar-refractivity contribution in [2.75, 3.05) is 19.6 Å². The molecule has 2 aliphatic heterocycles. The summed E-state index contributed by atoms with van der Waals surface area (Å²) in [7, 11) is 0. The molecule has 0 unspecified atom stereocenters. The van der Waals surface area contributed by atoms with Crippen LogP contribution >= 0.6 is 0 Å². The molecular weight excluding hydrogens is 412 g/mol.